The predicted octanol–water partition coefficient (Wildman–Crippen LogP) is 1.68. The molecule has 0 atom stereocenters. The molecule has 0 radical (unpaired) electrons. The summed E-state index contributed by atoms with van der Waals surface area (Å²) in [5, 5.41) is 8.44. The van der Waals surface area contributed by atoms with Gasteiger partial charge in [-0.3, -0.25) is 0 Å². The van der Waals surface area contributed by atoms with Crippen LogP contribution in [0.4, 0.5) is 0 Å². The summed E-state index contributed by atoms with van der Waals surface area (Å²) in [5.74, 6) is 0. The average Bonchev–Trinajstić information content (AvgIpc) is 2.03. The smallest absolute Gasteiger partial charge is 0.120 e. The minimum absolute atomic E-state index is 0.280. The van der Waals surface area contributed by atoms with Crippen molar-refractivity contribution in [3.63, 3.8) is 0 Å². The van der Waals surface area contributed by atoms with E-state index in [9.17, 15) is 4.79 Å². The molecular formula is C9H16O2. The summed E-state index contributed by atoms with van der Waals surface area (Å²) in [6, 6.07) is 0. The molecule has 0 aromatic rings. The molecule has 0 heterocycles. The van der Waals surface area contributed by atoms with Crippen LogP contribution in [0.2, 0.25) is 0 Å². The number of hydrogen-bond acceptors (Lipinski definition) is 2. The van der Waals surface area contributed by atoms with E-state index >= 15 is 0 Å². The van der Waals surface area contributed by atoms with E-state index in [0.717, 1.165) is 32.0 Å². The van der Waals surface area contributed by atoms with Gasteiger partial charge in [-0.25, -0.2) is 0 Å². The second-order valence-electron chi connectivity index (χ2n) is 2.43. The zero-order chi connectivity index (χ0) is 8.36. The van der Waals surface area contributed by atoms with E-state index in [1.807, 2.05) is 6.08 Å². The van der Waals surface area contributed by atoms with Crippen LogP contribution < -0.4 is 0 Å². The molecule has 0 fully saturated rings. The van der Waals surface area contributed by atoms with Gasteiger partial charge in [0.25, 0.3) is 0 Å². The Morgan fingerprint density at radius 3 is 2.36 bits per heavy atom. The molecule has 0 unspecified atom stereocenters. The third-order valence-electron chi connectivity index (χ3n) is 1.40. The van der Waals surface area contributed by atoms with Crippen molar-refractivity contribution in [2.45, 2.75) is 32.1 Å². The summed E-state index contributed by atoms with van der Waals surface area (Å²) < 4.78 is 0. The van der Waals surface area contributed by atoms with Crippen LogP contribution in [0.3, 0.4) is 0 Å². The Labute approximate surface area is 67.9 Å². The Morgan fingerprint density at radius 1 is 1.00 bits per heavy atom. The standard InChI is InChI=1S/C9H16O2/c10-8-6-4-2-1-3-5-7-9-11/h1-2,8,11H,3-7,9H2. The number of carbonyl (C=O) groups is 1. The quantitative estimate of drug-likeness (QED) is 0.346. The fourth-order valence-electron chi connectivity index (χ4n) is 0.774. The zero-order valence-corrected chi connectivity index (χ0v) is 6.83. The van der Waals surface area contributed by atoms with Crippen molar-refractivity contribution in [2.24, 2.45) is 0 Å². The zero-order valence-electron chi connectivity index (χ0n) is 6.83. The highest BCUT2D eigenvalue weighted by atomic mass is 16.2. The summed E-state index contributed by atoms with van der Waals surface area (Å²) >= 11 is 0. The van der Waals surface area contributed by atoms with Crippen LogP contribution in [0, 0.1) is 0 Å². The van der Waals surface area contributed by atoms with E-state index in [1.165, 1.54) is 0 Å². The summed E-state index contributed by atoms with van der Waals surface area (Å²) in [6.45, 7) is 0.280. The highest BCUT2D eigenvalue weighted by molar-refractivity contribution is 5.49. The van der Waals surface area contributed by atoms with Crippen molar-refractivity contribution in [1.29, 1.82) is 0 Å². The van der Waals surface area contributed by atoms with Crippen LogP contribution in [-0.2, 0) is 4.79 Å². The van der Waals surface area contributed by atoms with Crippen molar-refractivity contribution in [3.8, 4) is 0 Å². The summed E-state index contributed by atoms with van der Waals surface area (Å²) in [5.41, 5.74) is 0. The van der Waals surface area contributed by atoms with Crippen LogP contribution in [0.15, 0.2) is 12.2 Å². The van der Waals surface area contributed by atoms with Gasteiger partial charge in [0.05, 0.1) is 0 Å². The van der Waals surface area contributed by atoms with Gasteiger partial charge in [0.2, 0.25) is 0 Å². The van der Waals surface area contributed by atoms with E-state index < -0.39 is 0 Å². The van der Waals surface area contributed by atoms with Crippen molar-refractivity contribution in [2.75, 3.05) is 6.61 Å². The van der Waals surface area contributed by atoms with Crippen LogP contribution in [0.5, 0.6) is 0 Å². The Hall–Kier alpha value is -0.630. The number of aliphatic hydroxyl groups excluding tert-OH is 1. The molecule has 0 aliphatic carbocycles. The van der Waals surface area contributed by atoms with Gasteiger partial charge in [-0.1, -0.05) is 12.2 Å². The largest absolute Gasteiger partial charge is 0.396 e. The van der Waals surface area contributed by atoms with E-state index in [1.54, 1.807) is 0 Å². The second kappa shape index (κ2) is 9.37. The van der Waals surface area contributed by atoms with Gasteiger partial charge in [0, 0.05) is 13.0 Å². The number of carbonyl (C=O) groups excluding carboxylic acids is 1. The number of aldehydes is 1. The molecule has 0 aliphatic heterocycles. The van der Waals surface area contributed by atoms with Gasteiger partial charge in [-0.15, -0.1) is 0 Å². The van der Waals surface area contributed by atoms with E-state index in [2.05, 4.69) is 6.08 Å². The first kappa shape index (κ1) is 10.4. The van der Waals surface area contributed by atoms with Gasteiger partial charge in [0.1, 0.15) is 6.29 Å². The van der Waals surface area contributed by atoms with Gasteiger partial charge in [0.15, 0.2) is 0 Å². The molecular weight excluding hydrogens is 140 g/mol. The minimum Gasteiger partial charge on any atom is -0.396 e. The van der Waals surface area contributed by atoms with Crippen LogP contribution in [0.1, 0.15) is 32.1 Å². The van der Waals surface area contributed by atoms with Gasteiger partial charge >= 0.3 is 0 Å². The molecule has 0 saturated carbocycles. The lowest BCUT2D eigenvalue weighted by Crippen LogP contribution is -1.80. The Kier molecular flexibility index (Phi) is 8.83. The molecule has 0 bridgehead atoms. The van der Waals surface area contributed by atoms with E-state index in [4.69, 9.17) is 5.11 Å². The lowest BCUT2D eigenvalue weighted by molar-refractivity contribution is -0.107. The third-order valence-corrected chi connectivity index (χ3v) is 1.40. The number of unbranched alkanes of at least 4 members (excludes halogenated alkanes) is 3. The second-order valence-corrected chi connectivity index (χ2v) is 2.43. The Balaban J connectivity index is 2.97. The number of aliphatic hydroxyl groups is 1. The molecule has 1 N–H and O–H groups in total. The van der Waals surface area contributed by atoms with Crippen LogP contribution in [0.25, 0.3) is 0 Å². The molecule has 2 heteroatoms. The molecule has 0 amide bonds. The molecule has 11 heavy (non-hydrogen) atoms. The first-order valence-electron chi connectivity index (χ1n) is 4.11. The molecule has 0 saturated heterocycles. The SMILES string of the molecule is O=CCCC=CCCCCO. The maximum atomic E-state index is 9.87. The first-order valence-corrected chi connectivity index (χ1v) is 4.11. The number of rotatable bonds is 7. The Bertz CT molecular complexity index is 108. The van der Waals surface area contributed by atoms with Crippen LogP contribution in [-0.4, -0.2) is 18.0 Å². The fourth-order valence-corrected chi connectivity index (χ4v) is 0.774. The third kappa shape index (κ3) is 9.37. The number of hydrogen-bond donors (Lipinski definition) is 1. The van der Waals surface area contributed by atoms with Gasteiger partial charge in [-0.05, 0) is 25.7 Å². The summed E-state index contributed by atoms with van der Waals surface area (Å²) in [7, 11) is 0. The Morgan fingerprint density at radius 2 is 1.73 bits per heavy atom. The fraction of sp³-hybridized carbons (Fsp3) is 0.667. The first-order chi connectivity index (χ1) is 5.41. The van der Waals surface area contributed by atoms with E-state index in [-0.39, 0.29) is 6.61 Å². The lowest BCUT2D eigenvalue weighted by Gasteiger charge is -1.90. The summed E-state index contributed by atoms with van der Waals surface area (Å²) in [6.07, 6.45) is 9.41. The maximum absolute atomic E-state index is 9.87. The molecule has 64 valence electrons. The van der Waals surface area contributed by atoms with Crippen LogP contribution >= 0.6 is 0 Å². The topological polar surface area (TPSA) is 37.3 Å². The highest BCUT2D eigenvalue weighted by Gasteiger charge is 1.82. The maximum Gasteiger partial charge on any atom is 0.120 e. The molecule has 0 spiro atoms. The molecule has 0 aliphatic rings. The normalized spacial score (nSPS) is 10.6. The van der Waals surface area contributed by atoms with E-state index in [0.29, 0.717) is 6.42 Å². The van der Waals surface area contributed by atoms with Crippen molar-refractivity contribution >= 4 is 6.29 Å². The molecule has 0 aromatic carbocycles. The molecule has 0 aromatic heterocycles. The minimum atomic E-state index is 0.280. The summed E-state index contributed by atoms with van der Waals surface area (Å²) in [4.78, 5) is 9.87. The van der Waals surface area contributed by atoms with Crippen molar-refractivity contribution in [1.82, 2.24) is 0 Å². The van der Waals surface area contributed by atoms with Gasteiger partial charge in [-0.2, -0.15) is 0 Å². The average molecular weight is 156 g/mol. The van der Waals surface area contributed by atoms with Crippen molar-refractivity contribution in [3.05, 3.63) is 12.2 Å². The van der Waals surface area contributed by atoms with Gasteiger partial charge < -0.3 is 9.90 Å². The monoisotopic (exact) mass is 156 g/mol. The predicted molar refractivity (Wildman–Crippen MR) is 45.4 cm³/mol. The number of allylic oxidation sites excluding steroid dienone is 2. The highest BCUT2D eigenvalue weighted by Crippen LogP contribution is 1.97. The molecule has 0 rings (SSSR count). The lowest BCUT2D eigenvalue weighted by atomic mass is 10.2. The molecule has 2 nitrogen and oxygen atoms in total. The van der Waals surface area contributed by atoms with Crippen molar-refractivity contribution < 1.29 is 9.90 Å².